The molecule has 10 heteroatoms. The largest absolute Gasteiger partial charge is 0.369 e. The van der Waals surface area contributed by atoms with E-state index < -0.39 is 0 Å². The number of piperidine rings is 1. The molecule has 10 nitrogen and oxygen atoms in total. The SMILES string of the molecule is CNC(=O)c1cccc(-c2ccnc(N[C@@H]3CCCC[C@H]3C[C@H]3CCCN(c4cnc(-c5noc(C)n5)nc4)C3)c2)c1. The molecule has 1 aliphatic carbocycles. The third-order valence-electron chi connectivity index (χ3n) is 8.57. The molecule has 42 heavy (non-hydrogen) atoms. The summed E-state index contributed by atoms with van der Waals surface area (Å²) >= 11 is 0. The Morgan fingerprint density at radius 3 is 2.64 bits per heavy atom. The van der Waals surface area contributed by atoms with Crippen LogP contribution in [0.1, 0.15) is 61.2 Å². The van der Waals surface area contributed by atoms with Gasteiger partial charge in [-0.1, -0.05) is 30.1 Å². The van der Waals surface area contributed by atoms with Crippen molar-refractivity contribution < 1.29 is 9.32 Å². The fourth-order valence-electron chi connectivity index (χ4n) is 6.45. The molecule has 1 aromatic carbocycles. The summed E-state index contributed by atoms with van der Waals surface area (Å²) in [6.45, 7) is 3.79. The van der Waals surface area contributed by atoms with Gasteiger partial charge in [0.1, 0.15) is 5.82 Å². The average Bonchev–Trinajstić information content (AvgIpc) is 3.48. The second-order valence-corrected chi connectivity index (χ2v) is 11.5. The zero-order valence-electron chi connectivity index (χ0n) is 24.3. The van der Waals surface area contributed by atoms with Gasteiger partial charge < -0.3 is 20.1 Å². The molecule has 0 unspecified atom stereocenters. The predicted octanol–water partition coefficient (Wildman–Crippen LogP) is 5.53. The minimum atomic E-state index is -0.0842. The Morgan fingerprint density at radius 1 is 1.00 bits per heavy atom. The Labute approximate surface area is 246 Å². The number of carbonyl (C=O) groups is 1. The lowest BCUT2D eigenvalue weighted by molar-refractivity contribution is 0.0963. The van der Waals surface area contributed by atoms with Gasteiger partial charge in [0.2, 0.25) is 17.5 Å². The molecule has 4 heterocycles. The van der Waals surface area contributed by atoms with Crippen LogP contribution in [0.25, 0.3) is 22.8 Å². The van der Waals surface area contributed by atoms with E-state index in [1.54, 1.807) is 14.0 Å². The van der Waals surface area contributed by atoms with Crippen molar-refractivity contribution in [3.63, 3.8) is 0 Å². The van der Waals surface area contributed by atoms with Gasteiger partial charge in [-0.2, -0.15) is 4.98 Å². The van der Waals surface area contributed by atoms with Crippen LogP contribution in [-0.2, 0) is 0 Å². The van der Waals surface area contributed by atoms with Gasteiger partial charge in [0.15, 0.2) is 0 Å². The molecule has 1 saturated carbocycles. The molecule has 1 aliphatic heterocycles. The number of pyridine rings is 1. The number of benzene rings is 1. The molecule has 3 atom stereocenters. The van der Waals surface area contributed by atoms with Crippen molar-refractivity contribution >= 4 is 17.4 Å². The van der Waals surface area contributed by atoms with Gasteiger partial charge in [0.05, 0.1) is 18.1 Å². The fraction of sp³-hybridized carbons (Fsp3) is 0.438. The summed E-state index contributed by atoms with van der Waals surface area (Å²) in [6, 6.07) is 12.2. The third kappa shape index (κ3) is 6.42. The highest BCUT2D eigenvalue weighted by molar-refractivity contribution is 5.95. The maximum absolute atomic E-state index is 12.1. The first-order chi connectivity index (χ1) is 20.6. The molecular formula is C32H38N8O2. The number of aromatic nitrogens is 5. The molecule has 4 aromatic rings. The lowest BCUT2D eigenvalue weighted by Crippen LogP contribution is -2.39. The molecule has 2 N–H and O–H groups in total. The number of nitrogens with one attached hydrogen (secondary N) is 2. The van der Waals surface area contributed by atoms with Gasteiger partial charge in [-0.15, -0.1) is 0 Å². The number of nitrogens with zero attached hydrogens (tertiary/aromatic N) is 6. The Kier molecular flexibility index (Phi) is 8.39. The lowest BCUT2D eigenvalue weighted by atomic mass is 9.77. The molecule has 6 rings (SSSR count). The third-order valence-corrected chi connectivity index (χ3v) is 8.57. The number of amides is 1. The van der Waals surface area contributed by atoms with Crippen LogP contribution in [0.4, 0.5) is 11.5 Å². The highest BCUT2D eigenvalue weighted by Crippen LogP contribution is 2.35. The predicted molar refractivity (Wildman–Crippen MR) is 162 cm³/mol. The van der Waals surface area contributed by atoms with Crippen molar-refractivity contribution in [3.05, 3.63) is 66.4 Å². The van der Waals surface area contributed by atoms with Crippen LogP contribution in [0.15, 0.2) is 59.5 Å². The van der Waals surface area contributed by atoms with Crippen LogP contribution < -0.4 is 15.5 Å². The number of hydrogen-bond acceptors (Lipinski definition) is 9. The molecule has 0 radical (unpaired) electrons. The number of hydrogen-bond donors (Lipinski definition) is 2. The van der Waals surface area contributed by atoms with E-state index in [1.165, 1.54) is 38.5 Å². The van der Waals surface area contributed by atoms with E-state index in [4.69, 9.17) is 4.52 Å². The Bertz CT molecular complexity index is 1500. The van der Waals surface area contributed by atoms with E-state index >= 15 is 0 Å². The molecule has 0 bridgehead atoms. The van der Waals surface area contributed by atoms with E-state index in [0.29, 0.717) is 41.0 Å². The van der Waals surface area contributed by atoms with Gasteiger partial charge in [0.25, 0.3) is 5.91 Å². The first-order valence-corrected chi connectivity index (χ1v) is 15.0. The Balaban J connectivity index is 1.10. The normalized spacial score (nSPS) is 20.7. The van der Waals surface area contributed by atoms with Crippen LogP contribution in [-0.4, -0.2) is 57.2 Å². The molecule has 218 valence electrons. The molecule has 1 amide bonds. The average molecular weight is 567 g/mol. The van der Waals surface area contributed by atoms with Crippen LogP contribution >= 0.6 is 0 Å². The molecule has 1 saturated heterocycles. The van der Waals surface area contributed by atoms with Crippen molar-refractivity contribution in [2.24, 2.45) is 11.8 Å². The highest BCUT2D eigenvalue weighted by Gasteiger charge is 2.30. The molecule has 2 aliphatic rings. The Morgan fingerprint density at radius 2 is 1.83 bits per heavy atom. The number of anilines is 2. The molecule has 0 spiro atoms. The second kappa shape index (κ2) is 12.7. The first kappa shape index (κ1) is 27.8. The topological polar surface area (TPSA) is 122 Å². The summed E-state index contributed by atoms with van der Waals surface area (Å²) in [6.07, 6.45) is 14.1. The van der Waals surface area contributed by atoms with Crippen LogP contribution in [0.3, 0.4) is 0 Å². The number of carbonyl (C=O) groups excluding carboxylic acids is 1. The van der Waals surface area contributed by atoms with Gasteiger partial charge in [-0.3, -0.25) is 4.79 Å². The second-order valence-electron chi connectivity index (χ2n) is 11.5. The van der Waals surface area contributed by atoms with Crippen LogP contribution in [0.5, 0.6) is 0 Å². The zero-order chi connectivity index (χ0) is 28.9. The minimum absolute atomic E-state index is 0.0842. The smallest absolute Gasteiger partial charge is 0.251 e. The molecule has 2 fully saturated rings. The van der Waals surface area contributed by atoms with E-state index in [0.717, 1.165) is 42.1 Å². The monoisotopic (exact) mass is 566 g/mol. The van der Waals surface area contributed by atoms with E-state index in [2.05, 4.69) is 46.7 Å². The highest BCUT2D eigenvalue weighted by atomic mass is 16.5. The number of aryl methyl sites for hydroxylation is 1. The summed E-state index contributed by atoms with van der Waals surface area (Å²) in [4.78, 5) is 32.5. The van der Waals surface area contributed by atoms with Crippen molar-refractivity contribution in [2.75, 3.05) is 30.4 Å². The van der Waals surface area contributed by atoms with Crippen LogP contribution in [0.2, 0.25) is 0 Å². The maximum atomic E-state index is 12.1. The maximum Gasteiger partial charge on any atom is 0.251 e. The van der Waals surface area contributed by atoms with Gasteiger partial charge >= 0.3 is 0 Å². The summed E-state index contributed by atoms with van der Waals surface area (Å²) in [7, 11) is 1.65. The zero-order valence-corrected chi connectivity index (χ0v) is 24.3. The van der Waals surface area contributed by atoms with Crippen molar-refractivity contribution in [1.29, 1.82) is 0 Å². The van der Waals surface area contributed by atoms with Crippen molar-refractivity contribution in [2.45, 2.75) is 57.9 Å². The summed E-state index contributed by atoms with van der Waals surface area (Å²) in [5, 5.41) is 10.4. The first-order valence-electron chi connectivity index (χ1n) is 15.0. The van der Waals surface area contributed by atoms with Crippen LogP contribution in [0, 0.1) is 18.8 Å². The van der Waals surface area contributed by atoms with E-state index in [9.17, 15) is 4.79 Å². The van der Waals surface area contributed by atoms with Gasteiger partial charge in [0, 0.05) is 44.9 Å². The van der Waals surface area contributed by atoms with Crippen molar-refractivity contribution in [3.8, 4) is 22.8 Å². The van der Waals surface area contributed by atoms with E-state index in [-0.39, 0.29) is 5.91 Å². The molecular weight excluding hydrogens is 528 g/mol. The lowest BCUT2D eigenvalue weighted by Gasteiger charge is -2.39. The van der Waals surface area contributed by atoms with Gasteiger partial charge in [-0.05, 0) is 79.3 Å². The fourth-order valence-corrected chi connectivity index (χ4v) is 6.45. The standard InChI is InChI=1S/C32H38N8O2/c1-21-37-31(39-42-21)30-35-18-27(19-36-30)40-14-6-7-22(20-40)15-25-8-3-4-11-28(25)38-29-17-24(12-13-34-29)23-9-5-10-26(16-23)32(41)33-2/h5,9-10,12-13,16-19,22,25,28H,3-4,6-8,11,14-15,20H2,1-2H3,(H,33,41)(H,34,38)/t22-,25+,28-/m1/s1. The molecule has 3 aromatic heterocycles. The van der Waals surface area contributed by atoms with E-state index in [1.807, 2.05) is 48.9 Å². The van der Waals surface area contributed by atoms with Gasteiger partial charge in [-0.25, -0.2) is 15.0 Å². The Hall–Kier alpha value is -4.34. The summed E-state index contributed by atoms with van der Waals surface area (Å²) in [5.41, 5.74) is 3.76. The summed E-state index contributed by atoms with van der Waals surface area (Å²) < 4.78 is 5.07. The summed E-state index contributed by atoms with van der Waals surface area (Å²) in [5.74, 6) is 3.44. The quantitative estimate of drug-likeness (QED) is 0.283. The minimum Gasteiger partial charge on any atom is -0.369 e. The van der Waals surface area contributed by atoms with Crippen molar-refractivity contribution in [1.82, 2.24) is 30.4 Å². The number of rotatable bonds is 8.